The van der Waals surface area contributed by atoms with Gasteiger partial charge in [-0.1, -0.05) is 87.5 Å². The molecule has 0 aliphatic carbocycles. The lowest BCUT2D eigenvalue weighted by molar-refractivity contribution is -0.136. The average molecular weight is 351 g/mol. The molecule has 1 atom stereocenters. The fourth-order valence-electron chi connectivity index (χ4n) is 4.30. The van der Waals surface area contributed by atoms with Crippen LogP contribution in [0.15, 0.2) is 72.3 Å². The molecule has 0 aromatic heterocycles. The van der Waals surface area contributed by atoms with Gasteiger partial charge < -0.3 is 4.74 Å². The monoisotopic (exact) mass is 350 g/mol. The zero-order valence-electron chi connectivity index (χ0n) is 15.5. The summed E-state index contributed by atoms with van der Waals surface area (Å²) in [6.07, 6.45) is 2.60. The van der Waals surface area contributed by atoms with Gasteiger partial charge in [0.2, 0.25) is 0 Å². The molecule has 1 unspecified atom stereocenters. The summed E-state index contributed by atoms with van der Waals surface area (Å²) in [5.41, 5.74) is 0.717. The third-order valence-electron chi connectivity index (χ3n) is 5.39. The standard InChI is InChI=1S/C22H26O2Si/c1-5-17-16-20(24-21(17)23)25(22(2,3)4,18-12-8-6-9-13-18)19-14-10-7-11-15-19/h5-15,20H,16H2,1-4H3/b17-5-. The smallest absolute Gasteiger partial charge is 0.333 e. The third-order valence-corrected chi connectivity index (χ3v) is 11.5. The topological polar surface area (TPSA) is 26.3 Å². The molecule has 1 aliphatic rings. The predicted octanol–water partition coefficient (Wildman–Crippen LogP) is 3.85. The van der Waals surface area contributed by atoms with Crippen molar-refractivity contribution in [2.75, 3.05) is 0 Å². The Kier molecular flexibility index (Phi) is 4.70. The number of carbonyl (C=O) groups excluding carboxylic acids is 1. The highest BCUT2D eigenvalue weighted by atomic mass is 28.3. The van der Waals surface area contributed by atoms with Gasteiger partial charge in [-0.3, -0.25) is 0 Å². The Bertz CT molecular complexity index is 733. The molecule has 0 N–H and O–H groups in total. The van der Waals surface area contributed by atoms with Crippen LogP contribution < -0.4 is 10.4 Å². The van der Waals surface area contributed by atoms with E-state index in [0.717, 1.165) is 5.57 Å². The van der Waals surface area contributed by atoms with Crippen molar-refractivity contribution < 1.29 is 9.53 Å². The van der Waals surface area contributed by atoms with Crippen LogP contribution in [-0.2, 0) is 9.53 Å². The SMILES string of the molecule is C/C=C1/CC([Si](c2ccccc2)(c2ccccc2)C(C)(C)C)OC1=O. The van der Waals surface area contributed by atoms with Crippen LogP contribution in [-0.4, -0.2) is 19.8 Å². The Balaban J connectivity index is 2.29. The molecule has 0 bridgehead atoms. The maximum Gasteiger partial charge on any atom is 0.333 e. The van der Waals surface area contributed by atoms with E-state index in [9.17, 15) is 4.79 Å². The van der Waals surface area contributed by atoms with E-state index in [1.165, 1.54) is 10.4 Å². The number of ether oxygens (including phenoxy) is 1. The van der Waals surface area contributed by atoms with E-state index in [0.29, 0.717) is 6.42 Å². The van der Waals surface area contributed by atoms with E-state index in [4.69, 9.17) is 4.74 Å². The summed E-state index contributed by atoms with van der Waals surface area (Å²) in [6, 6.07) is 21.3. The number of allylic oxidation sites excluding steroid dienone is 1. The summed E-state index contributed by atoms with van der Waals surface area (Å²) >= 11 is 0. The van der Waals surface area contributed by atoms with Crippen molar-refractivity contribution in [1.29, 1.82) is 0 Å². The Morgan fingerprint density at radius 3 is 1.80 bits per heavy atom. The van der Waals surface area contributed by atoms with E-state index in [1.54, 1.807) is 0 Å². The van der Waals surface area contributed by atoms with Gasteiger partial charge >= 0.3 is 5.97 Å². The van der Waals surface area contributed by atoms with Crippen molar-refractivity contribution in [3.05, 3.63) is 72.3 Å². The number of esters is 1. The summed E-state index contributed by atoms with van der Waals surface area (Å²) in [4.78, 5) is 12.4. The highest BCUT2D eigenvalue weighted by Crippen LogP contribution is 2.42. The molecule has 0 saturated carbocycles. The number of carbonyl (C=O) groups is 1. The zero-order chi connectivity index (χ0) is 18.1. The second-order valence-electron chi connectivity index (χ2n) is 7.70. The Hall–Kier alpha value is -2.13. The molecule has 2 aromatic carbocycles. The Morgan fingerprint density at radius 1 is 0.960 bits per heavy atom. The van der Waals surface area contributed by atoms with Crippen LogP contribution in [0.1, 0.15) is 34.1 Å². The maximum absolute atomic E-state index is 12.4. The van der Waals surface area contributed by atoms with Gasteiger partial charge in [-0.2, -0.15) is 0 Å². The van der Waals surface area contributed by atoms with Crippen molar-refractivity contribution in [2.45, 2.75) is 44.9 Å². The van der Waals surface area contributed by atoms with Crippen molar-refractivity contribution >= 4 is 24.4 Å². The molecule has 1 fully saturated rings. The molecule has 1 saturated heterocycles. The summed E-state index contributed by atoms with van der Waals surface area (Å²) < 4.78 is 6.02. The molecule has 130 valence electrons. The number of hydrogen-bond acceptors (Lipinski definition) is 2. The quantitative estimate of drug-likeness (QED) is 0.477. The van der Waals surface area contributed by atoms with Crippen LogP contribution in [0.5, 0.6) is 0 Å². The first kappa shape index (κ1) is 17.7. The second kappa shape index (κ2) is 6.64. The normalized spacial score (nSPS) is 19.9. The van der Waals surface area contributed by atoms with Gasteiger partial charge in [0.05, 0.1) is 0 Å². The Labute approximate surface area is 151 Å². The molecule has 0 amide bonds. The number of rotatable bonds is 3. The molecule has 0 radical (unpaired) electrons. The number of hydrogen-bond donors (Lipinski definition) is 0. The first-order valence-corrected chi connectivity index (χ1v) is 11.0. The molecule has 1 heterocycles. The minimum atomic E-state index is -2.40. The summed E-state index contributed by atoms with van der Waals surface area (Å²) in [5.74, 6) is -0.152. The maximum atomic E-state index is 12.4. The minimum absolute atomic E-state index is 0.0101. The van der Waals surface area contributed by atoms with Gasteiger partial charge in [-0.05, 0) is 22.3 Å². The first-order valence-electron chi connectivity index (χ1n) is 8.88. The number of cyclic esters (lactones) is 1. The molecule has 3 heteroatoms. The van der Waals surface area contributed by atoms with Gasteiger partial charge in [0.25, 0.3) is 0 Å². The van der Waals surface area contributed by atoms with Gasteiger partial charge in [0.1, 0.15) is 5.73 Å². The van der Waals surface area contributed by atoms with E-state index in [1.807, 2.05) is 25.1 Å². The van der Waals surface area contributed by atoms with Crippen molar-refractivity contribution in [2.24, 2.45) is 0 Å². The van der Waals surface area contributed by atoms with Crippen LogP contribution >= 0.6 is 0 Å². The number of benzene rings is 2. The second-order valence-corrected chi connectivity index (χ2v) is 12.6. The largest absolute Gasteiger partial charge is 0.462 e. The van der Waals surface area contributed by atoms with Gasteiger partial charge in [-0.15, -0.1) is 0 Å². The lowest BCUT2D eigenvalue weighted by Crippen LogP contribution is -2.71. The Morgan fingerprint density at radius 2 is 1.44 bits per heavy atom. The van der Waals surface area contributed by atoms with Crippen LogP contribution in [0.2, 0.25) is 5.04 Å². The molecule has 1 aliphatic heterocycles. The van der Waals surface area contributed by atoms with Crippen molar-refractivity contribution in [1.82, 2.24) is 0 Å². The predicted molar refractivity (Wildman–Crippen MR) is 106 cm³/mol. The zero-order valence-corrected chi connectivity index (χ0v) is 16.5. The van der Waals surface area contributed by atoms with Crippen LogP contribution in [0.4, 0.5) is 0 Å². The summed E-state index contributed by atoms with van der Waals surface area (Å²) in [7, 11) is -2.40. The molecule has 2 aromatic rings. The molecular formula is C22H26O2Si. The van der Waals surface area contributed by atoms with E-state index in [2.05, 4.69) is 69.3 Å². The summed E-state index contributed by atoms with van der Waals surface area (Å²) in [5, 5.41) is 2.64. The van der Waals surface area contributed by atoms with Gasteiger partial charge in [0.15, 0.2) is 8.07 Å². The molecular weight excluding hydrogens is 324 g/mol. The average Bonchev–Trinajstić information content (AvgIpc) is 2.97. The highest BCUT2D eigenvalue weighted by molar-refractivity contribution is 7.05. The van der Waals surface area contributed by atoms with Crippen LogP contribution in [0.25, 0.3) is 0 Å². The van der Waals surface area contributed by atoms with Crippen molar-refractivity contribution in [3.63, 3.8) is 0 Å². The first-order chi connectivity index (χ1) is 11.9. The van der Waals surface area contributed by atoms with Crippen LogP contribution in [0, 0.1) is 0 Å². The lowest BCUT2D eigenvalue weighted by atomic mass is 10.2. The molecule has 2 nitrogen and oxygen atoms in total. The van der Waals surface area contributed by atoms with Crippen molar-refractivity contribution in [3.8, 4) is 0 Å². The highest BCUT2D eigenvalue weighted by Gasteiger charge is 2.57. The fourth-order valence-corrected chi connectivity index (χ4v) is 10.3. The molecule has 25 heavy (non-hydrogen) atoms. The lowest BCUT2D eigenvalue weighted by Gasteiger charge is -2.46. The van der Waals surface area contributed by atoms with Crippen LogP contribution in [0.3, 0.4) is 0 Å². The van der Waals surface area contributed by atoms with Gasteiger partial charge in [-0.25, -0.2) is 4.79 Å². The fraction of sp³-hybridized carbons (Fsp3) is 0.318. The molecule has 3 rings (SSSR count). The summed E-state index contributed by atoms with van der Waals surface area (Å²) in [6.45, 7) is 8.80. The minimum Gasteiger partial charge on any atom is -0.462 e. The van der Waals surface area contributed by atoms with E-state index >= 15 is 0 Å². The third kappa shape index (κ3) is 2.87. The van der Waals surface area contributed by atoms with E-state index in [-0.39, 0.29) is 16.7 Å². The van der Waals surface area contributed by atoms with Gasteiger partial charge in [0, 0.05) is 12.0 Å². The van der Waals surface area contributed by atoms with E-state index < -0.39 is 8.07 Å². The molecule has 0 spiro atoms.